The lowest BCUT2D eigenvalue weighted by molar-refractivity contribution is 0.554. The summed E-state index contributed by atoms with van der Waals surface area (Å²) in [6.07, 6.45) is 1.05. The van der Waals surface area contributed by atoms with E-state index in [1.54, 1.807) is 7.05 Å². The van der Waals surface area contributed by atoms with Gasteiger partial charge in [-0.15, -0.1) is 10.2 Å². The average molecular weight is 407 g/mol. The van der Waals surface area contributed by atoms with Crippen molar-refractivity contribution in [3.05, 3.63) is 17.0 Å². The molecule has 0 spiro atoms. The van der Waals surface area contributed by atoms with Crippen LogP contribution in [0.25, 0.3) is 0 Å². The number of hydrogen-bond acceptors (Lipinski definition) is 7. The predicted octanol–water partition coefficient (Wildman–Crippen LogP) is 3.40. The van der Waals surface area contributed by atoms with Gasteiger partial charge in [-0.1, -0.05) is 41.5 Å². The molecule has 0 aromatic carbocycles. The van der Waals surface area contributed by atoms with Gasteiger partial charge in [0.25, 0.3) is 0 Å². The maximum Gasteiger partial charge on any atom is 0.231 e. The third-order valence-electron chi connectivity index (χ3n) is 3.87. The van der Waals surface area contributed by atoms with Crippen molar-refractivity contribution in [2.45, 2.75) is 52.4 Å². The Labute approximate surface area is 165 Å². The molecule has 2 rings (SSSR count). The minimum absolute atomic E-state index is 0.140. The molecular weight excluding hydrogens is 380 g/mol. The van der Waals surface area contributed by atoms with Crippen LogP contribution in [0.5, 0.6) is 0 Å². The normalized spacial score (nSPS) is 13.1. The Morgan fingerprint density at radius 3 is 2.21 bits per heavy atom. The topological polar surface area (TPSA) is 141 Å². The molecule has 0 aliphatic heterocycles. The van der Waals surface area contributed by atoms with Crippen molar-refractivity contribution in [2.24, 2.45) is 17.3 Å². The van der Waals surface area contributed by atoms with E-state index < -0.39 is 15.4 Å². The summed E-state index contributed by atoms with van der Waals surface area (Å²) in [6.45, 7) is 11.7. The minimum Gasteiger partial charge on any atom is -0.278 e. The maximum absolute atomic E-state index is 11.8. The Morgan fingerprint density at radius 2 is 1.75 bits per heavy atom. The van der Waals surface area contributed by atoms with Crippen LogP contribution in [0.4, 0.5) is 17.3 Å². The van der Waals surface area contributed by atoms with E-state index in [9.17, 15) is 13.7 Å². The van der Waals surface area contributed by atoms with Gasteiger partial charge in [0, 0.05) is 17.9 Å². The van der Waals surface area contributed by atoms with Crippen LogP contribution in [-0.4, -0.2) is 34.7 Å². The second-order valence-electron chi connectivity index (χ2n) is 8.65. The molecule has 0 unspecified atom stereocenters. The number of aryl methyl sites for hydroxylation is 1. The van der Waals surface area contributed by atoms with E-state index in [1.807, 2.05) is 41.5 Å². The fourth-order valence-corrected chi connectivity index (χ4v) is 3.13. The first kappa shape index (κ1) is 21.6. The first-order chi connectivity index (χ1) is 12.6. The third-order valence-corrected chi connectivity index (χ3v) is 4.43. The predicted molar refractivity (Wildman–Crippen MR) is 107 cm³/mol. The molecule has 2 heterocycles. The molecule has 0 saturated heterocycles. The molecule has 2 N–H and O–H groups in total. The fraction of sp³-hybridized carbons (Fsp3) is 0.588. The Morgan fingerprint density at radius 1 is 1.14 bits per heavy atom. The number of aromatic nitrogens is 4. The SMILES string of the molecule is Cn1nc(C(C)(C)C)c(N=Nc2n[nH]c(C(C)(C)C)c2C#N)c1NS(C)(=O)=O. The lowest BCUT2D eigenvalue weighted by atomic mass is 9.90. The number of sulfonamides is 1. The van der Waals surface area contributed by atoms with E-state index in [0.29, 0.717) is 17.0 Å². The van der Waals surface area contributed by atoms with Gasteiger partial charge in [-0.25, -0.2) is 13.1 Å². The first-order valence-corrected chi connectivity index (χ1v) is 10.5. The quantitative estimate of drug-likeness (QED) is 0.748. The zero-order valence-corrected chi connectivity index (χ0v) is 18.2. The van der Waals surface area contributed by atoms with Crippen molar-refractivity contribution in [3.63, 3.8) is 0 Å². The van der Waals surface area contributed by atoms with E-state index in [-0.39, 0.29) is 22.7 Å². The molecule has 0 radical (unpaired) electrons. The van der Waals surface area contributed by atoms with Gasteiger partial charge >= 0.3 is 0 Å². The number of hydrogen-bond donors (Lipinski definition) is 2. The van der Waals surface area contributed by atoms with Gasteiger partial charge in [0.2, 0.25) is 15.8 Å². The molecule has 2 aromatic rings. The Bertz CT molecular complexity index is 1060. The molecule has 0 amide bonds. The summed E-state index contributed by atoms with van der Waals surface area (Å²) < 4.78 is 27.4. The summed E-state index contributed by atoms with van der Waals surface area (Å²) in [5.41, 5.74) is 1.07. The summed E-state index contributed by atoms with van der Waals surface area (Å²) in [6, 6.07) is 2.11. The number of nitriles is 1. The molecule has 152 valence electrons. The second-order valence-corrected chi connectivity index (χ2v) is 10.4. The zero-order chi connectivity index (χ0) is 21.5. The number of nitrogens with zero attached hydrogens (tertiary/aromatic N) is 6. The van der Waals surface area contributed by atoms with Crippen LogP contribution in [0.3, 0.4) is 0 Å². The lowest BCUT2D eigenvalue weighted by Gasteiger charge is -2.16. The van der Waals surface area contributed by atoms with Crippen molar-refractivity contribution in [2.75, 3.05) is 11.0 Å². The van der Waals surface area contributed by atoms with Crippen LogP contribution in [-0.2, 0) is 27.9 Å². The maximum atomic E-state index is 11.8. The summed E-state index contributed by atoms with van der Waals surface area (Å²) in [7, 11) is -1.93. The van der Waals surface area contributed by atoms with Crippen molar-refractivity contribution < 1.29 is 8.42 Å². The van der Waals surface area contributed by atoms with Gasteiger partial charge in [0.1, 0.15) is 11.6 Å². The molecule has 0 fully saturated rings. The van der Waals surface area contributed by atoms with E-state index in [0.717, 1.165) is 6.26 Å². The first-order valence-electron chi connectivity index (χ1n) is 8.61. The monoisotopic (exact) mass is 406 g/mol. The van der Waals surface area contributed by atoms with Crippen molar-refractivity contribution in [3.8, 4) is 6.07 Å². The van der Waals surface area contributed by atoms with Gasteiger partial charge in [0.05, 0.1) is 17.6 Å². The van der Waals surface area contributed by atoms with Gasteiger partial charge in [-0.3, -0.25) is 9.82 Å². The molecule has 0 aliphatic rings. The molecule has 0 saturated carbocycles. The smallest absolute Gasteiger partial charge is 0.231 e. The standard InChI is InChI=1S/C17H26N8O2S/c1-16(2,3)12-10(9-18)14(22-20-12)21-19-11-13(17(4,5)6)23-25(7)15(11)24-28(8,26)27/h24H,1-8H3,(H,20,22). The molecule has 0 bridgehead atoms. The van der Waals surface area contributed by atoms with Crippen molar-refractivity contribution in [1.82, 2.24) is 20.0 Å². The highest BCUT2D eigenvalue weighted by molar-refractivity contribution is 7.92. The van der Waals surface area contributed by atoms with Crippen molar-refractivity contribution >= 4 is 27.3 Å². The summed E-state index contributed by atoms with van der Waals surface area (Å²) >= 11 is 0. The van der Waals surface area contributed by atoms with Crippen LogP contribution in [0.15, 0.2) is 10.2 Å². The largest absolute Gasteiger partial charge is 0.278 e. The van der Waals surface area contributed by atoms with Crippen molar-refractivity contribution in [1.29, 1.82) is 5.26 Å². The van der Waals surface area contributed by atoms with E-state index in [4.69, 9.17) is 0 Å². The highest BCUT2D eigenvalue weighted by Gasteiger charge is 2.28. The molecule has 0 atom stereocenters. The number of aromatic amines is 1. The number of anilines is 1. The molecule has 11 heteroatoms. The summed E-state index contributed by atoms with van der Waals surface area (Å²) in [5, 5.41) is 29.2. The third kappa shape index (κ3) is 4.56. The van der Waals surface area contributed by atoms with E-state index in [1.165, 1.54) is 4.68 Å². The van der Waals surface area contributed by atoms with Gasteiger partial charge in [-0.2, -0.15) is 15.5 Å². The highest BCUT2D eigenvalue weighted by atomic mass is 32.2. The summed E-state index contributed by atoms with van der Waals surface area (Å²) in [5.74, 6) is 0.336. The second kappa shape index (κ2) is 7.01. The number of H-pyrrole nitrogens is 1. The number of rotatable bonds is 4. The van der Waals surface area contributed by atoms with E-state index >= 15 is 0 Å². The van der Waals surface area contributed by atoms with Crippen LogP contribution in [0, 0.1) is 11.3 Å². The minimum atomic E-state index is -3.55. The summed E-state index contributed by atoms with van der Waals surface area (Å²) in [4.78, 5) is 0. The molecule has 28 heavy (non-hydrogen) atoms. The van der Waals surface area contributed by atoms with Crippen LogP contribution < -0.4 is 4.72 Å². The zero-order valence-electron chi connectivity index (χ0n) is 17.4. The Kier molecular flexibility index (Phi) is 5.40. The van der Waals surface area contributed by atoms with Gasteiger partial charge in [-0.05, 0) is 0 Å². The van der Waals surface area contributed by atoms with E-state index in [2.05, 4.69) is 36.3 Å². The molecule has 10 nitrogen and oxygen atoms in total. The highest BCUT2D eigenvalue weighted by Crippen LogP contribution is 2.38. The van der Waals surface area contributed by atoms with Gasteiger partial charge in [0.15, 0.2) is 11.5 Å². The number of azo groups is 1. The lowest BCUT2D eigenvalue weighted by Crippen LogP contribution is -2.13. The fourth-order valence-electron chi connectivity index (χ4n) is 2.55. The molecule has 2 aromatic heterocycles. The van der Waals surface area contributed by atoms with Crippen LogP contribution >= 0.6 is 0 Å². The Balaban J connectivity index is 2.63. The van der Waals surface area contributed by atoms with Gasteiger partial charge < -0.3 is 0 Å². The molecular formula is C17H26N8O2S. The molecule has 0 aliphatic carbocycles. The Hall–Kier alpha value is -2.74. The van der Waals surface area contributed by atoms with Crippen LogP contribution in [0.2, 0.25) is 0 Å². The average Bonchev–Trinajstić information content (AvgIpc) is 3.05. The number of nitrogens with one attached hydrogen (secondary N) is 2. The van der Waals surface area contributed by atoms with Crippen LogP contribution in [0.1, 0.15) is 58.5 Å².